The van der Waals surface area contributed by atoms with Gasteiger partial charge in [0, 0.05) is 17.0 Å². The first-order chi connectivity index (χ1) is 14.4. The molecule has 2 heterocycles. The van der Waals surface area contributed by atoms with Gasteiger partial charge in [-0.15, -0.1) is 0 Å². The van der Waals surface area contributed by atoms with E-state index in [1.807, 2.05) is 6.92 Å². The summed E-state index contributed by atoms with van der Waals surface area (Å²) in [4.78, 5) is 28.5. The Bertz CT molecular complexity index is 1040. The van der Waals surface area contributed by atoms with Gasteiger partial charge in [0.05, 0.1) is 19.3 Å². The number of carbonyl (C=O) groups is 2. The lowest BCUT2D eigenvalue weighted by atomic mass is 10.2. The van der Waals surface area contributed by atoms with E-state index in [1.54, 1.807) is 55.9 Å². The molecule has 30 heavy (non-hydrogen) atoms. The van der Waals surface area contributed by atoms with E-state index in [-0.39, 0.29) is 25.6 Å². The van der Waals surface area contributed by atoms with Gasteiger partial charge in [-0.1, -0.05) is 5.16 Å². The summed E-state index contributed by atoms with van der Waals surface area (Å²) in [6.07, 6.45) is 0. The monoisotopic (exact) mass is 413 g/mol. The normalized spacial score (nSPS) is 10.7. The van der Waals surface area contributed by atoms with Crippen LogP contribution in [0.1, 0.15) is 34.6 Å². The molecule has 0 fully saturated rings. The zero-order valence-corrected chi connectivity index (χ0v) is 17.3. The quantitative estimate of drug-likeness (QED) is 0.519. The van der Waals surface area contributed by atoms with E-state index in [1.165, 1.54) is 0 Å². The second kappa shape index (κ2) is 9.25. The lowest BCUT2D eigenvalue weighted by Gasteiger charge is -2.09. The number of aryl methyl sites for hydroxylation is 1. The van der Waals surface area contributed by atoms with E-state index in [0.29, 0.717) is 17.1 Å². The number of benzene rings is 1. The average molecular weight is 413 g/mol. The van der Waals surface area contributed by atoms with Crippen molar-refractivity contribution in [3.63, 3.8) is 0 Å². The summed E-state index contributed by atoms with van der Waals surface area (Å²) in [7, 11) is 1.59. The minimum atomic E-state index is -0.489. The van der Waals surface area contributed by atoms with Crippen LogP contribution in [-0.4, -0.2) is 40.4 Å². The van der Waals surface area contributed by atoms with Crippen molar-refractivity contribution in [2.75, 3.05) is 13.7 Å². The topological polar surface area (TPSA) is 106 Å². The van der Waals surface area contributed by atoms with Gasteiger partial charge in [0.1, 0.15) is 12.3 Å². The van der Waals surface area contributed by atoms with Gasteiger partial charge < -0.3 is 23.3 Å². The highest BCUT2D eigenvalue weighted by Gasteiger charge is 2.19. The van der Waals surface area contributed by atoms with Gasteiger partial charge >= 0.3 is 11.9 Å². The lowest BCUT2D eigenvalue weighted by molar-refractivity contribution is -0.146. The van der Waals surface area contributed by atoms with Crippen molar-refractivity contribution in [2.24, 2.45) is 0 Å². The first-order valence-corrected chi connectivity index (χ1v) is 9.39. The van der Waals surface area contributed by atoms with Gasteiger partial charge in [0.25, 0.3) is 5.89 Å². The number of hydrogen-bond acceptors (Lipinski definition) is 8. The Hall–Kier alpha value is -3.62. The molecule has 0 unspecified atom stereocenters. The fourth-order valence-electron chi connectivity index (χ4n) is 2.95. The number of esters is 2. The zero-order chi connectivity index (χ0) is 21.7. The predicted octanol–water partition coefficient (Wildman–Crippen LogP) is 3.08. The Balaban J connectivity index is 1.60. The number of methoxy groups -OCH3 is 1. The number of carbonyl (C=O) groups excluding carboxylic acids is 2. The van der Waals surface area contributed by atoms with E-state index in [0.717, 1.165) is 17.0 Å². The van der Waals surface area contributed by atoms with Crippen LogP contribution in [0.25, 0.3) is 11.4 Å². The van der Waals surface area contributed by atoms with Gasteiger partial charge in [-0.2, -0.15) is 4.98 Å². The largest absolute Gasteiger partial charge is 0.497 e. The number of aromatic nitrogens is 3. The number of ether oxygens (including phenoxy) is 3. The van der Waals surface area contributed by atoms with Gasteiger partial charge in [0.2, 0.25) is 5.82 Å². The summed E-state index contributed by atoms with van der Waals surface area (Å²) in [5.74, 6) is 0.388. The highest BCUT2D eigenvalue weighted by molar-refractivity contribution is 5.91. The smallest absolute Gasteiger partial charge is 0.339 e. The van der Waals surface area contributed by atoms with E-state index in [4.69, 9.17) is 18.7 Å². The molecule has 1 aromatic carbocycles. The maximum atomic E-state index is 12.3. The van der Waals surface area contributed by atoms with Crippen molar-refractivity contribution in [3.8, 4) is 17.1 Å². The molecule has 3 rings (SSSR count). The van der Waals surface area contributed by atoms with Crippen LogP contribution >= 0.6 is 0 Å². The molecule has 0 atom stereocenters. The van der Waals surface area contributed by atoms with Crippen LogP contribution in [-0.2, 0) is 27.4 Å². The molecule has 158 valence electrons. The highest BCUT2D eigenvalue weighted by atomic mass is 16.6. The van der Waals surface area contributed by atoms with E-state index >= 15 is 0 Å². The molecule has 0 N–H and O–H groups in total. The van der Waals surface area contributed by atoms with E-state index in [9.17, 15) is 9.59 Å². The molecule has 3 aromatic rings. The molecular weight excluding hydrogens is 390 g/mol. The number of nitrogens with zero attached hydrogens (tertiary/aromatic N) is 3. The third-order valence-electron chi connectivity index (χ3n) is 4.53. The summed E-state index contributed by atoms with van der Waals surface area (Å²) in [6, 6.07) is 8.88. The Morgan fingerprint density at radius 2 is 1.87 bits per heavy atom. The number of hydrogen-bond donors (Lipinski definition) is 0. The van der Waals surface area contributed by atoms with Crippen molar-refractivity contribution < 1.29 is 28.3 Å². The molecule has 9 heteroatoms. The van der Waals surface area contributed by atoms with Crippen LogP contribution in [0.3, 0.4) is 0 Å². The molecule has 0 radical (unpaired) electrons. The van der Waals surface area contributed by atoms with Crippen molar-refractivity contribution in [1.82, 2.24) is 14.7 Å². The lowest BCUT2D eigenvalue weighted by Crippen LogP contribution is -2.16. The van der Waals surface area contributed by atoms with Crippen LogP contribution in [0, 0.1) is 13.8 Å². The summed E-state index contributed by atoms with van der Waals surface area (Å²) < 4.78 is 22.3. The highest BCUT2D eigenvalue weighted by Crippen LogP contribution is 2.20. The molecule has 0 saturated heterocycles. The minimum absolute atomic E-state index is 0.0451. The molecule has 0 aliphatic carbocycles. The van der Waals surface area contributed by atoms with Crippen LogP contribution < -0.4 is 4.74 Å². The van der Waals surface area contributed by atoms with Crippen LogP contribution in [0.2, 0.25) is 0 Å². The summed E-state index contributed by atoms with van der Waals surface area (Å²) in [5, 5.41) is 3.90. The van der Waals surface area contributed by atoms with Crippen molar-refractivity contribution >= 4 is 11.9 Å². The van der Waals surface area contributed by atoms with Gasteiger partial charge in [-0.05, 0) is 51.1 Å². The Labute approximate surface area is 173 Å². The van der Waals surface area contributed by atoms with Gasteiger partial charge in [-0.25, -0.2) is 4.79 Å². The molecule has 9 nitrogen and oxygen atoms in total. The molecule has 0 aliphatic heterocycles. The summed E-state index contributed by atoms with van der Waals surface area (Å²) in [6.45, 7) is 5.40. The minimum Gasteiger partial charge on any atom is -0.497 e. The second-order valence-electron chi connectivity index (χ2n) is 6.49. The van der Waals surface area contributed by atoms with Crippen molar-refractivity contribution in [3.05, 3.63) is 53.2 Å². The predicted molar refractivity (Wildman–Crippen MR) is 106 cm³/mol. The fourth-order valence-corrected chi connectivity index (χ4v) is 2.95. The maximum Gasteiger partial charge on any atom is 0.339 e. The maximum absolute atomic E-state index is 12.3. The molecular formula is C21H23N3O6. The molecule has 0 amide bonds. The van der Waals surface area contributed by atoms with Gasteiger partial charge in [0.15, 0.2) is 6.61 Å². The second-order valence-corrected chi connectivity index (χ2v) is 6.49. The van der Waals surface area contributed by atoms with Crippen LogP contribution in [0.5, 0.6) is 5.75 Å². The molecule has 0 spiro atoms. The van der Waals surface area contributed by atoms with E-state index < -0.39 is 11.9 Å². The summed E-state index contributed by atoms with van der Waals surface area (Å²) in [5.41, 5.74) is 2.58. The molecule has 0 bridgehead atoms. The molecule has 0 aliphatic rings. The van der Waals surface area contributed by atoms with Crippen LogP contribution in [0.4, 0.5) is 0 Å². The van der Waals surface area contributed by atoms with Gasteiger partial charge in [-0.3, -0.25) is 4.79 Å². The van der Waals surface area contributed by atoms with Crippen LogP contribution in [0.15, 0.2) is 34.9 Å². The van der Waals surface area contributed by atoms with E-state index in [2.05, 4.69) is 10.1 Å². The molecule has 2 aromatic heterocycles. The van der Waals surface area contributed by atoms with Crippen molar-refractivity contribution in [1.29, 1.82) is 0 Å². The van der Waals surface area contributed by atoms with Crippen molar-refractivity contribution in [2.45, 2.75) is 33.9 Å². The fraction of sp³-hybridized carbons (Fsp3) is 0.333. The zero-order valence-electron chi connectivity index (χ0n) is 17.3. The summed E-state index contributed by atoms with van der Waals surface area (Å²) >= 11 is 0. The Kier molecular flexibility index (Phi) is 6.51. The third kappa shape index (κ3) is 4.68. The molecule has 0 saturated carbocycles. The third-order valence-corrected chi connectivity index (χ3v) is 4.53. The standard InChI is InChI=1S/C21H23N3O6/c1-5-28-21(26)17-10-13(2)24(14(17)3)11-19(25)29-12-18-22-20(23-30-18)15-6-8-16(27-4)9-7-15/h6-10H,5,11-12H2,1-4H3. The number of rotatable bonds is 8. The first-order valence-electron chi connectivity index (χ1n) is 9.39. The Morgan fingerprint density at radius 3 is 2.53 bits per heavy atom. The Morgan fingerprint density at radius 1 is 1.13 bits per heavy atom. The first kappa shape index (κ1) is 21.1. The average Bonchev–Trinajstić information content (AvgIpc) is 3.33. The SMILES string of the molecule is CCOC(=O)c1cc(C)n(CC(=O)OCc2nc(-c3ccc(OC)cc3)no2)c1C.